The second-order valence-electron chi connectivity index (χ2n) is 7.90. The third-order valence-electron chi connectivity index (χ3n) is 5.52. The maximum Gasteiger partial charge on any atom is 0.325 e. The molecule has 0 aromatic heterocycles. The standard InChI is InChI=1S/C25H24N2O5S/c1-33(30,31)27-16-21-10-6-5-9-20(21)15-23(27)25(29)32-17-24(28)26-22-13-11-19(12-14-22)18-7-3-2-4-8-18/h2-14,23H,15-17H2,1H3,(H,26,28). The monoisotopic (exact) mass is 464 g/mol. The molecule has 1 aliphatic rings. The summed E-state index contributed by atoms with van der Waals surface area (Å²) >= 11 is 0. The molecule has 170 valence electrons. The van der Waals surface area contributed by atoms with E-state index in [9.17, 15) is 18.0 Å². The Hall–Kier alpha value is -3.49. The van der Waals surface area contributed by atoms with Gasteiger partial charge in [-0.05, 0) is 34.4 Å². The van der Waals surface area contributed by atoms with Crippen molar-refractivity contribution in [2.24, 2.45) is 0 Å². The molecule has 0 fully saturated rings. The summed E-state index contributed by atoms with van der Waals surface area (Å²) in [6.07, 6.45) is 1.26. The third-order valence-corrected chi connectivity index (χ3v) is 6.76. The zero-order valence-electron chi connectivity index (χ0n) is 18.1. The minimum absolute atomic E-state index is 0.0920. The molecule has 0 saturated heterocycles. The summed E-state index contributed by atoms with van der Waals surface area (Å²) in [5, 5.41) is 2.69. The van der Waals surface area contributed by atoms with E-state index in [4.69, 9.17) is 4.74 Å². The summed E-state index contributed by atoms with van der Waals surface area (Å²) in [4.78, 5) is 25.0. The van der Waals surface area contributed by atoms with Gasteiger partial charge < -0.3 is 10.1 Å². The van der Waals surface area contributed by atoms with Gasteiger partial charge in [0.05, 0.1) is 6.26 Å². The molecule has 1 aliphatic heterocycles. The van der Waals surface area contributed by atoms with Gasteiger partial charge in [-0.25, -0.2) is 8.42 Å². The van der Waals surface area contributed by atoms with Crippen LogP contribution in [0.3, 0.4) is 0 Å². The quantitative estimate of drug-likeness (QED) is 0.566. The van der Waals surface area contributed by atoms with Gasteiger partial charge in [-0.15, -0.1) is 0 Å². The average Bonchev–Trinajstić information content (AvgIpc) is 2.82. The molecule has 0 aliphatic carbocycles. The second-order valence-corrected chi connectivity index (χ2v) is 9.83. The lowest BCUT2D eigenvalue weighted by Crippen LogP contribution is -2.49. The molecule has 0 bridgehead atoms. The van der Waals surface area contributed by atoms with Gasteiger partial charge in [0.25, 0.3) is 5.91 Å². The number of sulfonamides is 1. The Morgan fingerprint density at radius 2 is 1.52 bits per heavy atom. The molecule has 1 atom stereocenters. The fourth-order valence-electron chi connectivity index (χ4n) is 3.85. The van der Waals surface area contributed by atoms with Crippen molar-refractivity contribution < 1.29 is 22.7 Å². The van der Waals surface area contributed by atoms with Crippen LogP contribution in [0.15, 0.2) is 78.9 Å². The van der Waals surface area contributed by atoms with E-state index in [1.54, 1.807) is 12.1 Å². The molecule has 0 spiro atoms. The van der Waals surface area contributed by atoms with Crippen molar-refractivity contribution in [3.63, 3.8) is 0 Å². The highest BCUT2D eigenvalue weighted by Gasteiger charge is 2.38. The van der Waals surface area contributed by atoms with E-state index in [1.807, 2.05) is 66.7 Å². The van der Waals surface area contributed by atoms with Crippen molar-refractivity contribution in [1.29, 1.82) is 0 Å². The van der Waals surface area contributed by atoms with Gasteiger partial charge >= 0.3 is 5.97 Å². The van der Waals surface area contributed by atoms with Gasteiger partial charge in [0.2, 0.25) is 10.0 Å². The number of fused-ring (bicyclic) bond motifs is 1. The van der Waals surface area contributed by atoms with E-state index in [0.717, 1.165) is 32.8 Å². The molecule has 1 heterocycles. The number of rotatable bonds is 6. The lowest BCUT2D eigenvalue weighted by molar-refractivity contribution is -0.151. The maximum absolute atomic E-state index is 12.7. The topological polar surface area (TPSA) is 92.8 Å². The van der Waals surface area contributed by atoms with E-state index in [2.05, 4.69) is 5.32 Å². The largest absolute Gasteiger partial charge is 0.454 e. The fourth-order valence-corrected chi connectivity index (χ4v) is 4.85. The molecular formula is C25H24N2O5S. The smallest absolute Gasteiger partial charge is 0.325 e. The average molecular weight is 465 g/mol. The van der Waals surface area contributed by atoms with Gasteiger partial charge in [-0.2, -0.15) is 4.31 Å². The summed E-state index contributed by atoms with van der Waals surface area (Å²) in [5.74, 6) is -1.25. The fraction of sp³-hybridized carbons (Fsp3) is 0.200. The number of carbonyl (C=O) groups excluding carboxylic acids is 2. The van der Waals surface area contributed by atoms with E-state index >= 15 is 0 Å². The molecule has 1 amide bonds. The Labute approximate surface area is 193 Å². The molecule has 1 N–H and O–H groups in total. The van der Waals surface area contributed by atoms with Crippen LogP contribution in [0.5, 0.6) is 0 Å². The molecule has 0 radical (unpaired) electrons. The van der Waals surface area contributed by atoms with Gasteiger partial charge in [0.15, 0.2) is 6.61 Å². The number of carbonyl (C=O) groups is 2. The zero-order chi connectivity index (χ0) is 23.4. The van der Waals surface area contributed by atoms with Crippen LogP contribution in [0.25, 0.3) is 11.1 Å². The van der Waals surface area contributed by atoms with Crippen LogP contribution in [-0.2, 0) is 37.3 Å². The van der Waals surface area contributed by atoms with Gasteiger partial charge in [0.1, 0.15) is 6.04 Å². The van der Waals surface area contributed by atoms with E-state index < -0.39 is 34.5 Å². The lowest BCUT2D eigenvalue weighted by Gasteiger charge is -2.33. The summed E-state index contributed by atoms with van der Waals surface area (Å²) in [7, 11) is -3.64. The minimum Gasteiger partial charge on any atom is -0.454 e. The van der Waals surface area contributed by atoms with Gasteiger partial charge in [-0.3, -0.25) is 9.59 Å². The van der Waals surface area contributed by atoms with E-state index in [1.165, 1.54) is 0 Å². The number of nitrogens with zero attached hydrogens (tertiary/aromatic N) is 1. The first kappa shape index (κ1) is 22.7. The predicted octanol–water partition coefficient (Wildman–Crippen LogP) is 3.22. The highest BCUT2D eigenvalue weighted by Crippen LogP contribution is 2.26. The normalized spacial score (nSPS) is 16.0. The summed E-state index contributed by atoms with van der Waals surface area (Å²) in [6, 6.07) is 23.5. The Kier molecular flexibility index (Phi) is 6.57. The van der Waals surface area contributed by atoms with Crippen molar-refractivity contribution in [2.75, 3.05) is 18.2 Å². The molecule has 3 aromatic carbocycles. The number of anilines is 1. The highest BCUT2D eigenvalue weighted by atomic mass is 32.2. The van der Waals surface area contributed by atoms with Gasteiger partial charge in [-0.1, -0.05) is 66.7 Å². The number of esters is 1. The molecule has 3 aromatic rings. The Bertz CT molecular complexity index is 1260. The molecule has 33 heavy (non-hydrogen) atoms. The molecule has 7 nitrogen and oxygen atoms in total. The van der Waals surface area contributed by atoms with Crippen molar-refractivity contribution in [2.45, 2.75) is 19.0 Å². The van der Waals surface area contributed by atoms with Crippen LogP contribution in [0.2, 0.25) is 0 Å². The number of ether oxygens (including phenoxy) is 1. The Morgan fingerprint density at radius 1 is 0.909 bits per heavy atom. The SMILES string of the molecule is CS(=O)(=O)N1Cc2ccccc2CC1C(=O)OCC(=O)Nc1ccc(-c2ccccc2)cc1. The lowest BCUT2D eigenvalue weighted by atomic mass is 9.96. The Balaban J connectivity index is 1.37. The first-order chi connectivity index (χ1) is 15.8. The van der Waals surface area contributed by atoms with Crippen molar-refractivity contribution in [1.82, 2.24) is 4.31 Å². The first-order valence-electron chi connectivity index (χ1n) is 10.5. The predicted molar refractivity (Wildman–Crippen MR) is 126 cm³/mol. The molecular weight excluding hydrogens is 440 g/mol. The van der Waals surface area contributed by atoms with Crippen molar-refractivity contribution >= 4 is 27.6 Å². The van der Waals surface area contributed by atoms with Crippen LogP contribution >= 0.6 is 0 Å². The van der Waals surface area contributed by atoms with E-state index in [0.29, 0.717) is 5.69 Å². The van der Waals surface area contributed by atoms with Crippen LogP contribution in [0.4, 0.5) is 5.69 Å². The minimum atomic E-state index is -3.64. The number of hydrogen-bond donors (Lipinski definition) is 1. The molecule has 4 rings (SSSR count). The van der Waals surface area contributed by atoms with Crippen LogP contribution in [0.1, 0.15) is 11.1 Å². The molecule has 1 unspecified atom stereocenters. The number of nitrogens with one attached hydrogen (secondary N) is 1. The van der Waals surface area contributed by atoms with Gasteiger partial charge in [0, 0.05) is 18.7 Å². The summed E-state index contributed by atoms with van der Waals surface area (Å²) < 4.78 is 30.8. The molecule has 8 heteroatoms. The number of amides is 1. The van der Waals surface area contributed by atoms with Crippen molar-refractivity contribution in [3.8, 4) is 11.1 Å². The second kappa shape index (κ2) is 9.56. The van der Waals surface area contributed by atoms with Crippen molar-refractivity contribution in [3.05, 3.63) is 90.0 Å². The third kappa shape index (κ3) is 5.47. The molecule has 0 saturated carbocycles. The number of benzene rings is 3. The first-order valence-corrected chi connectivity index (χ1v) is 12.3. The Morgan fingerprint density at radius 3 is 2.18 bits per heavy atom. The maximum atomic E-state index is 12.7. The van der Waals surface area contributed by atoms with E-state index in [-0.39, 0.29) is 13.0 Å². The van der Waals surface area contributed by atoms with Crippen LogP contribution < -0.4 is 5.32 Å². The van der Waals surface area contributed by atoms with Crippen LogP contribution in [-0.4, -0.2) is 43.5 Å². The summed E-state index contributed by atoms with van der Waals surface area (Å²) in [6.45, 7) is -0.413. The number of hydrogen-bond acceptors (Lipinski definition) is 5. The highest BCUT2D eigenvalue weighted by molar-refractivity contribution is 7.88. The van der Waals surface area contributed by atoms with Crippen LogP contribution in [0, 0.1) is 0 Å². The zero-order valence-corrected chi connectivity index (χ0v) is 18.9. The summed E-state index contributed by atoms with van der Waals surface area (Å²) in [5.41, 5.74) is 4.39.